The summed E-state index contributed by atoms with van der Waals surface area (Å²) in [6, 6.07) is 50.7. The quantitative estimate of drug-likeness (QED) is 0.205. The Bertz CT molecular complexity index is 1150. The first-order valence-electron chi connectivity index (χ1n) is 10.5. The molecule has 0 atom stereocenters. The van der Waals surface area contributed by atoms with Crippen molar-refractivity contribution < 1.29 is 51.0 Å². The van der Waals surface area contributed by atoms with Gasteiger partial charge in [-0.05, 0) is 0 Å². The molecule has 6 rings (SSSR count). The van der Waals surface area contributed by atoms with Gasteiger partial charge in [0.2, 0.25) is 0 Å². The van der Waals surface area contributed by atoms with E-state index in [1.54, 1.807) is 0 Å². The van der Waals surface area contributed by atoms with Gasteiger partial charge in [0, 0.05) is 0 Å². The van der Waals surface area contributed by atoms with Crippen LogP contribution in [0.3, 0.4) is 0 Å². The van der Waals surface area contributed by atoms with Gasteiger partial charge in [0.15, 0.2) is 0 Å². The Morgan fingerprint density at radius 2 is 0.765 bits per heavy atom. The van der Waals surface area contributed by atoms with Crippen LogP contribution in [-0.4, -0.2) is 9.52 Å². The average molecular weight is 576 g/mol. The van der Waals surface area contributed by atoms with Crippen molar-refractivity contribution in [2.24, 2.45) is 0 Å². The van der Waals surface area contributed by atoms with Gasteiger partial charge >= 0.3 is 26.2 Å². The smallest absolute Gasteiger partial charge is 1.00 e. The Labute approximate surface area is 236 Å². The van der Waals surface area contributed by atoms with Crippen LogP contribution in [0.25, 0.3) is 21.5 Å². The summed E-state index contributed by atoms with van der Waals surface area (Å²) in [6.07, 6.45) is 0. The van der Waals surface area contributed by atoms with E-state index in [0.29, 0.717) is 0 Å². The number of fused-ring (bicyclic) bond motifs is 2. The van der Waals surface area contributed by atoms with Crippen LogP contribution in [0.15, 0.2) is 146 Å². The van der Waals surface area contributed by atoms with Crippen LogP contribution in [0.1, 0.15) is 0 Å². The summed E-state index contributed by atoms with van der Waals surface area (Å²) in [7, 11) is 0.271. The Hall–Kier alpha value is -2.22. The molecule has 0 unspecified atom stereocenters. The summed E-state index contributed by atoms with van der Waals surface area (Å²) in [4.78, 5) is 0. The minimum Gasteiger partial charge on any atom is -1.00 e. The van der Waals surface area contributed by atoms with Crippen molar-refractivity contribution in [3.8, 4) is 0 Å². The van der Waals surface area contributed by atoms with Crippen molar-refractivity contribution in [1.29, 1.82) is 0 Å². The second kappa shape index (κ2) is 16.4. The normalized spacial score (nSPS) is 9.18. The fourth-order valence-electron chi connectivity index (χ4n) is 3.43. The second-order valence-corrected chi connectivity index (χ2v) is 8.90. The Morgan fingerprint density at radius 3 is 1.15 bits per heavy atom. The maximum absolute atomic E-state index is 2.20. The molecule has 6 aromatic carbocycles. The van der Waals surface area contributed by atoms with E-state index < -0.39 is 0 Å². The number of hydrogen-bond acceptors (Lipinski definition) is 0. The summed E-state index contributed by atoms with van der Waals surface area (Å²) in [5.74, 6) is 0. The van der Waals surface area contributed by atoms with Crippen molar-refractivity contribution >= 4 is 41.4 Å². The van der Waals surface area contributed by atoms with Gasteiger partial charge < -0.3 is 24.8 Å². The molecule has 0 saturated carbocycles. The molecule has 167 valence electrons. The van der Waals surface area contributed by atoms with Crippen LogP contribution in [0.2, 0.25) is 0 Å². The number of halogens is 2. The van der Waals surface area contributed by atoms with Crippen LogP contribution in [0, 0.1) is 0 Å². The topological polar surface area (TPSA) is 0 Å². The van der Waals surface area contributed by atoms with Crippen molar-refractivity contribution in [1.82, 2.24) is 0 Å². The molecule has 34 heavy (non-hydrogen) atoms. The molecule has 0 nitrogen and oxygen atoms in total. The van der Waals surface area contributed by atoms with Gasteiger partial charge in [0.05, 0.1) is 0 Å². The van der Waals surface area contributed by atoms with E-state index in [0.717, 1.165) is 0 Å². The van der Waals surface area contributed by atoms with E-state index in [9.17, 15) is 0 Å². The van der Waals surface area contributed by atoms with Crippen LogP contribution < -0.4 is 35.2 Å². The van der Waals surface area contributed by atoms with E-state index in [1.165, 1.54) is 31.9 Å². The van der Waals surface area contributed by atoms with Gasteiger partial charge in [0.1, 0.15) is 9.52 Å². The predicted molar refractivity (Wildman–Crippen MR) is 138 cm³/mol. The molecule has 4 heteroatoms. The summed E-state index contributed by atoms with van der Waals surface area (Å²) in [5, 5.41) is 8.23. The molecule has 0 aliphatic rings. The summed E-state index contributed by atoms with van der Waals surface area (Å²) < 4.78 is 0. The number of benzene rings is 4. The first kappa shape index (κ1) is 29.8. The average Bonchev–Trinajstić information content (AvgIpc) is 3.51. The second-order valence-electron chi connectivity index (χ2n) is 7.28. The SMILES string of the molecule is [Cl-].[Cl-].[Zr+4].c1ccc([SiH]c2ccccc2)cc1.c1ccc2[cH-]ccc2c1.c1ccc2[cH-]ccc2c1. The van der Waals surface area contributed by atoms with Crippen molar-refractivity contribution in [3.05, 3.63) is 146 Å². The maximum Gasteiger partial charge on any atom is 4.00 e. The molecular weight excluding hydrogens is 551 g/mol. The van der Waals surface area contributed by atoms with Crippen molar-refractivity contribution in [2.45, 2.75) is 0 Å². The standard InChI is InChI=1S/C12H11Si.2C9H7.2ClH.Zr/c1-3-7-11(8-4-1)13-12-9-5-2-6-10-12;2*1-2-5-9-7-3-6-8(9)4-1;;;/h1-10,13H;2*1-7H;2*1H;/q;2*-1;;;+4/p-2. The minimum absolute atomic E-state index is 0. The Balaban J connectivity index is 0.000000249. The Kier molecular flexibility index (Phi) is 14.4. The van der Waals surface area contributed by atoms with E-state index in [2.05, 4.69) is 146 Å². The third-order valence-corrected chi connectivity index (χ3v) is 6.46. The van der Waals surface area contributed by atoms with Crippen LogP contribution in [0.4, 0.5) is 0 Å². The van der Waals surface area contributed by atoms with Gasteiger partial charge in [-0.2, -0.15) is 35.0 Å². The summed E-state index contributed by atoms with van der Waals surface area (Å²) in [6.45, 7) is 0. The van der Waals surface area contributed by atoms with Crippen molar-refractivity contribution in [3.63, 3.8) is 0 Å². The minimum atomic E-state index is 0. The molecule has 0 aromatic heterocycles. The molecule has 0 amide bonds. The molecule has 0 N–H and O–H groups in total. The van der Waals surface area contributed by atoms with Crippen molar-refractivity contribution in [2.75, 3.05) is 0 Å². The predicted octanol–water partition coefficient (Wildman–Crippen LogP) is 0.197. The molecule has 0 heterocycles. The molecule has 0 spiro atoms. The van der Waals surface area contributed by atoms with Gasteiger partial charge in [-0.25, -0.2) is 0 Å². The van der Waals surface area contributed by atoms with E-state index >= 15 is 0 Å². The van der Waals surface area contributed by atoms with Gasteiger partial charge in [-0.15, -0.1) is 59.3 Å². The third-order valence-electron chi connectivity index (χ3n) is 5.03. The van der Waals surface area contributed by atoms with Gasteiger partial charge in [-0.1, -0.05) is 83.2 Å². The van der Waals surface area contributed by atoms with E-state index in [4.69, 9.17) is 0 Å². The number of hydrogen-bond donors (Lipinski definition) is 0. The van der Waals surface area contributed by atoms with E-state index in [1.807, 2.05) is 0 Å². The van der Waals surface area contributed by atoms with Gasteiger partial charge in [-0.3, -0.25) is 0 Å². The molecule has 0 aliphatic carbocycles. The fraction of sp³-hybridized carbons (Fsp3) is 0. The summed E-state index contributed by atoms with van der Waals surface area (Å²) >= 11 is 0. The molecule has 1 radical (unpaired) electrons. The Morgan fingerprint density at radius 1 is 0.412 bits per heavy atom. The molecule has 6 aromatic rings. The maximum atomic E-state index is 2.20. The molecule has 0 fully saturated rings. The zero-order valence-corrected chi connectivity index (χ0v) is 23.8. The third kappa shape index (κ3) is 9.20. The van der Waals surface area contributed by atoms with Gasteiger partial charge in [0.25, 0.3) is 0 Å². The molecule has 0 saturated heterocycles. The zero-order chi connectivity index (χ0) is 21.1. The molecular formula is C30H25Cl2SiZr. The monoisotopic (exact) mass is 573 g/mol. The molecule has 0 bridgehead atoms. The zero-order valence-electron chi connectivity index (χ0n) is 18.7. The first-order valence-corrected chi connectivity index (χ1v) is 11.7. The van der Waals surface area contributed by atoms with Crippen LogP contribution in [-0.2, 0) is 26.2 Å². The largest absolute Gasteiger partial charge is 4.00 e. The molecule has 0 aliphatic heterocycles. The fourth-order valence-corrected chi connectivity index (χ4v) is 4.65. The first-order chi connectivity index (χ1) is 15.4. The van der Waals surface area contributed by atoms with E-state index in [-0.39, 0.29) is 60.5 Å². The van der Waals surface area contributed by atoms with Crippen LogP contribution in [0.5, 0.6) is 0 Å². The summed E-state index contributed by atoms with van der Waals surface area (Å²) in [5.41, 5.74) is 0. The van der Waals surface area contributed by atoms with Crippen LogP contribution >= 0.6 is 0 Å². The number of rotatable bonds is 2.